The van der Waals surface area contributed by atoms with Crippen molar-refractivity contribution in [3.05, 3.63) is 120 Å². The summed E-state index contributed by atoms with van der Waals surface area (Å²) in [6.45, 7) is 4.96. The van der Waals surface area contributed by atoms with Crippen molar-refractivity contribution in [2.24, 2.45) is 22.9 Å². The molecule has 0 aromatic heterocycles. The molecule has 12 heteroatoms. The number of carbonyl (C=O) groups excluding carboxylic acids is 1. The van der Waals surface area contributed by atoms with E-state index in [-0.39, 0.29) is 69.6 Å². The predicted molar refractivity (Wildman–Crippen MR) is 218 cm³/mol. The summed E-state index contributed by atoms with van der Waals surface area (Å²) in [6.07, 6.45) is 8.13. The third-order valence-corrected chi connectivity index (χ3v) is 11.5. The van der Waals surface area contributed by atoms with Gasteiger partial charge in [-0.05, 0) is 72.9 Å². The number of amides is 1. The first-order valence-electron chi connectivity index (χ1n) is 20.3. The van der Waals surface area contributed by atoms with Crippen LogP contribution in [0.3, 0.4) is 0 Å². The van der Waals surface area contributed by atoms with Crippen LogP contribution in [0.5, 0.6) is 11.5 Å². The number of benzene rings is 3. The second-order valence-electron chi connectivity index (χ2n) is 15.1. The lowest BCUT2D eigenvalue weighted by atomic mass is 9.55. The highest BCUT2D eigenvalue weighted by Crippen LogP contribution is 2.61. The van der Waals surface area contributed by atoms with Gasteiger partial charge in [0.25, 0.3) is 0 Å². The van der Waals surface area contributed by atoms with Crippen molar-refractivity contribution < 1.29 is 47.9 Å². The zero-order valence-electron chi connectivity index (χ0n) is 33.6. The molecule has 2 aliphatic carbocycles. The van der Waals surface area contributed by atoms with Crippen LogP contribution < -0.4 is 9.47 Å². The molecule has 3 aliphatic rings. The number of aliphatic hydroxyl groups is 2. The molecule has 11 nitrogen and oxygen atoms in total. The number of hydrogen-bond acceptors (Lipinski definition) is 10. The standard InChI is InChI=1S/C46H57FN2O9/c1-4-24-57-46-42(49(2)45(52)55-26-25-54-30-32-14-6-5-7-15-32)29-40(48-53-3)37-27-33(16-10-12-22-50)36(18-11-13-23-51)43(44(37)46)38-28-35(20-21-41(38)58-46)56-31-34-17-8-9-19-39(34)47/h4-9,14-15,17,19-21,27-28,33,36,42-44,50-51H,1,10-13,16,18,22-26,29-31H2,2-3H3/t33-,36+,42-,43+,44+,46+/m0/s1. The second-order valence-corrected chi connectivity index (χ2v) is 15.1. The highest BCUT2D eigenvalue weighted by Gasteiger charge is 2.65. The van der Waals surface area contributed by atoms with Gasteiger partial charge in [0.2, 0.25) is 5.79 Å². The van der Waals surface area contributed by atoms with Gasteiger partial charge in [0, 0.05) is 43.7 Å². The first-order valence-corrected chi connectivity index (χ1v) is 20.3. The van der Waals surface area contributed by atoms with Crippen molar-refractivity contribution in [3.8, 4) is 11.5 Å². The maximum Gasteiger partial charge on any atom is 0.410 e. The Morgan fingerprint density at radius 3 is 2.50 bits per heavy atom. The summed E-state index contributed by atoms with van der Waals surface area (Å²) in [5.41, 5.74) is 3.95. The summed E-state index contributed by atoms with van der Waals surface area (Å²) < 4.78 is 46.5. The highest BCUT2D eigenvalue weighted by atomic mass is 19.1. The molecular weight excluding hydrogens is 744 g/mol. The van der Waals surface area contributed by atoms with Crippen molar-refractivity contribution >= 4 is 11.8 Å². The molecule has 312 valence electrons. The normalized spacial score (nSPS) is 23.8. The third kappa shape index (κ3) is 9.74. The molecule has 1 fully saturated rings. The third-order valence-electron chi connectivity index (χ3n) is 11.5. The van der Waals surface area contributed by atoms with E-state index in [0.717, 1.165) is 42.4 Å². The minimum Gasteiger partial charge on any atom is -0.489 e. The van der Waals surface area contributed by atoms with Crippen molar-refractivity contribution in [1.82, 2.24) is 4.90 Å². The van der Waals surface area contributed by atoms with Gasteiger partial charge < -0.3 is 43.6 Å². The highest BCUT2D eigenvalue weighted by molar-refractivity contribution is 6.02. The molecule has 6 rings (SSSR count). The summed E-state index contributed by atoms with van der Waals surface area (Å²) in [5.74, 6) is -1.22. The number of hydrogen-bond donors (Lipinski definition) is 2. The number of carbonyl (C=O) groups is 1. The quantitative estimate of drug-likeness (QED) is 0.0627. The van der Waals surface area contributed by atoms with Gasteiger partial charge in [-0.3, -0.25) is 0 Å². The largest absolute Gasteiger partial charge is 0.489 e. The Morgan fingerprint density at radius 1 is 1.00 bits per heavy atom. The minimum atomic E-state index is -1.41. The van der Waals surface area contributed by atoms with Crippen LogP contribution in [-0.2, 0) is 32.3 Å². The minimum absolute atomic E-state index is 0.0386. The number of rotatable bonds is 21. The average molecular weight is 801 g/mol. The second kappa shape index (κ2) is 20.8. The number of allylic oxidation sites excluding steroid dienone is 1. The zero-order chi connectivity index (χ0) is 40.9. The van der Waals surface area contributed by atoms with E-state index in [0.29, 0.717) is 42.2 Å². The number of nitrogens with zero attached hydrogens (tertiary/aromatic N) is 2. The van der Waals surface area contributed by atoms with Crippen LogP contribution in [0.1, 0.15) is 67.6 Å². The van der Waals surface area contributed by atoms with Gasteiger partial charge in [-0.2, -0.15) is 0 Å². The number of ether oxygens (including phenoxy) is 5. The molecule has 1 heterocycles. The molecule has 1 saturated carbocycles. The van der Waals surface area contributed by atoms with Gasteiger partial charge in [-0.25, -0.2) is 9.18 Å². The van der Waals surface area contributed by atoms with E-state index in [9.17, 15) is 19.4 Å². The van der Waals surface area contributed by atoms with Crippen LogP contribution in [0.4, 0.5) is 9.18 Å². The molecule has 1 aliphatic heterocycles. The molecule has 0 unspecified atom stereocenters. The summed E-state index contributed by atoms with van der Waals surface area (Å²) >= 11 is 0. The van der Waals surface area contributed by atoms with Crippen LogP contribution in [0.25, 0.3) is 0 Å². The van der Waals surface area contributed by atoms with Crippen molar-refractivity contribution in [1.29, 1.82) is 0 Å². The lowest BCUT2D eigenvalue weighted by Gasteiger charge is -2.59. The molecule has 3 aromatic carbocycles. The number of halogens is 1. The van der Waals surface area contributed by atoms with Crippen LogP contribution in [-0.4, -0.2) is 85.9 Å². The van der Waals surface area contributed by atoms with E-state index in [1.54, 1.807) is 31.3 Å². The molecule has 0 saturated heterocycles. The molecule has 58 heavy (non-hydrogen) atoms. The van der Waals surface area contributed by atoms with E-state index in [4.69, 9.17) is 28.5 Å². The van der Waals surface area contributed by atoms with Crippen LogP contribution in [0.2, 0.25) is 0 Å². The van der Waals surface area contributed by atoms with Crippen molar-refractivity contribution in [2.75, 3.05) is 47.2 Å². The lowest BCUT2D eigenvalue weighted by Crippen LogP contribution is -2.69. The molecule has 1 amide bonds. The van der Waals surface area contributed by atoms with Crippen molar-refractivity contribution in [2.45, 2.75) is 75.9 Å². The first kappa shape index (κ1) is 42.8. The van der Waals surface area contributed by atoms with E-state index in [1.165, 1.54) is 18.1 Å². The van der Waals surface area contributed by atoms with Gasteiger partial charge in [0.1, 0.15) is 43.7 Å². The fraction of sp³-hybridized carbons (Fsp3) is 0.478. The summed E-state index contributed by atoms with van der Waals surface area (Å²) in [7, 11) is 3.19. The summed E-state index contributed by atoms with van der Waals surface area (Å²) in [6, 6.07) is 21.3. The van der Waals surface area contributed by atoms with Gasteiger partial charge >= 0.3 is 6.09 Å². The van der Waals surface area contributed by atoms with Crippen molar-refractivity contribution in [3.63, 3.8) is 0 Å². The van der Waals surface area contributed by atoms with E-state index in [1.807, 2.05) is 48.5 Å². The van der Waals surface area contributed by atoms with E-state index in [2.05, 4.69) is 17.8 Å². The Balaban J connectivity index is 1.40. The first-order chi connectivity index (χ1) is 28.3. The number of fused-ring (bicyclic) bond motifs is 2. The number of aliphatic hydroxyl groups excluding tert-OH is 2. The molecule has 0 bridgehead atoms. The topological polar surface area (TPSA) is 129 Å². The Kier molecular flexibility index (Phi) is 15.4. The number of oxime groups is 1. The maximum absolute atomic E-state index is 14.6. The molecule has 2 N–H and O–H groups in total. The van der Waals surface area contributed by atoms with Crippen LogP contribution in [0.15, 0.2) is 102 Å². The summed E-state index contributed by atoms with van der Waals surface area (Å²) in [4.78, 5) is 21.0. The van der Waals surface area contributed by atoms with E-state index < -0.39 is 23.8 Å². The molecular formula is C46H57FN2O9. The Labute approximate surface area is 341 Å². The Morgan fingerprint density at radius 2 is 1.76 bits per heavy atom. The maximum atomic E-state index is 14.6. The smallest absolute Gasteiger partial charge is 0.410 e. The monoisotopic (exact) mass is 800 g/mol. The fourth-order valence-corrected chi connectivity index (χ4v) is 8.89. The number of likely N-dealkylation sites (N-methyl/N-ethyl adjacent to an activating group) is 1. The Hall–Kier alpha value is -4.75. The van der Waals surface area contributed by atoms with Gasteiger partial charge in [-0.1, -0.05) is 78.7 Å². The van der Waals surface area contributed by atoms with Gasteiger partial charge in [0.15, 0.2) is 0 Å². The average Bonchev–Trinajstić information content (AvgIpc) is 3.24. The zero-order valence-corrected chi connectivity index (χ0v) is 33.6. The Bertz CT molecular complexity index is 1870. The number of unbranched alkanes of at least 4 members (excludes halogenated alkanes) is 2. The van der Waals surface area contributed by atoms with E-state index >= 15 is 0 Å². The predicted octanol–water partition coefficient (Wildman–Crippen LogP) is 7.95. The van der Waals surface area contributed by atoms with Crippen LogP contribution in [0, 0.1) is 23.6 Å². The molecule has 0 spiro atoms. The SMILES string of the molecule is C=CCO[C@@]12Oc3ccc(OCc4ccccc4F)cc3[C@H]3[C@H](CCCCO)[C@@H](CCCCO)C=C(C(=NOC)C[C@@H]1N(C)C(=O)OCCOCc1ccccc1)[C@H]32. The molecule has 0 radical (unpaired) electrons. The van der Waals surface area contributed by atoms with Gasteiger partial charge in [0.05, 0.1) is 31.5 Å². The summed E-state index contributed by atoms with van der Waals surface area (Å²) in [5, 5.41) is 24.2. The lowest BCUT2D eigenvalue weighted by molar-refractivity contribution is -0.253. The van der Waals surface area contributed by atoms with Gasteiger partial charge in [-0.15, -0.1) is 6.58 Å². The fourth-order valence-electron chi connectivity index (χ4n) is 8.89. The van der Waals surface area contributed by atoms with Crippen LogP contribution >= 0.6 is 0 Å². The molecule has 6 atom stereocenters. The molecule has 3 aromatic rings.